The molecule has 0 bridgehead atoms. The maximum Gasteiger partial charge on any atom is 0.0667 e. The van der Waals surface area contributed by atoms with E-state index in [1.807, 2.05) is 6.92 Å². The molecule has 2 atom stereocenters. The fraction of sp³-hybridized carbons (Fsp3) is 0.800. The highest BCUT2D eigenvalue weighted by molar-refractivity contribution is 9.11. The molecule has 0 aromatic rings. The third-order valence-electron chi connectivity index (χ3n) is 2.60. The van der Waals surface area contributed by atoms with Crippen LogP contribution in [0.3, 0.4) is 0 Å². The molecule has 1 aliphatic rings. The van der Waals surface area contributed by atoms with E-state index in [0.717, 1.165) is 24.0 Å². The summed E-state index contributed by atoms with van der Waals surface area (Å²) in [5.74, 6) is 0. The van der Waals surface area contributed by atoms with E-state index in [4.69, 9.17) is 0 Å². The number of aliphatic hydroxyl groups excluding tert-OH is 1. The van der Waals surface area contributed by atoms with Crippen molar-refractivity contribution in [1.29, 1.82) is 0 Å². The van der Waals surface area contributed by atoms with Crippen molar-refractivity contribution in [2.75, 3.05) is 13.1 Å². The van der Waals surface area contributed by atoms with E-state index in [2.05, 4.69) is 27.4 Å². The van der Waals surface area contributed by atoms with Crippen LogP contribution in [-0.4, -0.2) is 35.2 Å². The number of halogens is 1. The van der Waals surface area contributed by atoms with Gasteiger partial charge in [-0.15, -0.1) is 0 Å². The van der Waals surface area contributed by atoms with E-state index in [-0.39, 0.29) is 6.10 Å². The summed E-state index contributed by atoms with van der Waals surface area (Å²) in [4.78, 5) is 2.31. The molecule has 1 saturated heterocycles. The molecule has 0 radical (unpaired) electrons. The summed E-state index contributed by atoms with van der Waals surface area (Å²) in [6, 6.07) is 0.322. The second-order valence-corrected chi connectivity index (χ2v) is 4.91. The second kappa shape index (κ2) is 5.13. The van der Waals surface area contributed by atoms with Gasteiger partial charge >= 0.3 is 0 Å². The number of likely N-dealkylation sites (tertiary alicyclic amines) is 1. The first-order valence-electron chi connectivity index (χ1n) is 4.86. The molecular weight excluding hydrogens is 230 g/mol. The lowest BCUT2D eigenvalue weighted by Crippen LogP contribution is -2.46. The number of hydrogen-bond acceptors (Lipinski definition) is 2. The Bertz CT molecular complexity index is 182. The van der Waals surface area contributed by atoms with Gasteiger partial charge < -0.3 is 5.11 Å². The Kier molecular flexibility index (Phi) is 4.42. The van der Waals surface area contributed by atoms with Crippen LogP contribution in [0.4, 0.5) is 0 Å². The van der Waals surface area contributed by atoms with Gasteiger partial charge in [0.15, 0.2) is 0 Å². The average Bonchev–Trinajstić information content (AvgIpc) is 2.03. The Morgan fingerprint density at radius 2 is 2.38 bits per heavy atom. The molecule has 1 fully saturated rings. The van der Waals surface area contributed by atoms with Crippen molar-refractivity contribution < 1.29 is 5.11 Å². The quantitative estimate of drug-likeness (QED) is 0.827. The SMILES string of the molecule is C=C(Br)CN1CCCCC1C(C)O. The van der Waals surface area contributed by atoms with Gasteiger partial charge in [-0.2, -0.15) is 0 Å². The molecular formula is C10H18BrNO. The van der Waals surface area contributed by atoms with Crippen LogP contribution in [-0.2, 0) is 0 Å². The minimum atomic E-state index is -0.229. The van der Waals surface area contributed by atoms with Crippen LogP contribution < -0.4 is 0 Å². The fourth-order valence-electron chi connectivity index (χ4n) is 1.98. The van der Waals surface area contributed by atoms with Gasteiger partial charge in [-0.05, 0) is 26.3 Å². The van der Waals surface area contributed by atoms with Gasteiger partial charge in [-0.3, -0.25) is 4.90 Å². The Labute approximate surface area is 88.7 Å². The molecule has 0 spiro atoms. The zero-order valence-corrected chi connectivity index (χ0v) is 9.76. The lowest BCUT2D eigenvalue weighted by atomic mass is 9.98. The molecule has 1 heterocycles. The maximum atomic E-state index is 9.57. The van der Waals surface area contributed by atoms with Gasteiger partial charge in [0.25, 0.3) is 0 Å². The standard InChI is InChI=1S/C10H18BrNO/c1-8(11)7-12-6-4-3-5-10(12)9(2)13/h9-10,13H,1,3-7H2,2H3. The molecule has 0 aliphatic carbocycles. The van der Waals surface area contributed by atoms with E-state index in [0.29, 0.717) is 6.04 Å². The first-order chi connectivity index (χ1) is 6.11. The van der Waals surface area contributed by atoms with Gasteiger partial charge in [0.1, 0.15) is 0 Å². The van der Waals surface area contributed by atoms with Crippen molar-refractivity contribution in [3.05, 3.63) is 11.1 Å². The van der Waals surface area contributed by atoms with Crippen LogP contribution >= 0.6 is 15.9 Å². The number of piperidine rings is 1. The first-order valence-corrected chi connectivity index (χ1v) is 5.66. The van der Waals surface area contributed by atoms with Crippen LogP contribution in [0.15, 0.2) is 11.1 Å². The largest absolute Gasteiger partial charge is 0.392 e. The number of hydrogen-bond donors (Lipinski definition) is 1. The van der Waals surface area contributed by atoms with Crippen molar-refractivity contribution >= 4 is 15.9 Å². The minimum Gasteiger partial charge on any atom is -0.392 e. The molecule has 13 heavy (non-hydrogen) atoms. The highest BCUT2D eigenvalue weighted by atomic mass is 79.9. The number of rotatable bonds is 3. The summed E-state index contributed by atoms with van der Waals surface area (Å²) in [6.45, 7) is 7.65. The zero-order chi connectivity index (χ0) is 9.84. The van der Waals surface area contributed by atoms with Crippen molar-refractivity contribution in [3.63, 3.8) is 0 Å². The lowest BCUT2D eigenvalue weighted by Gasteiger charge is -2.37. The molecule has 1 N–H and O–H groups in total. The predicted octanol–water partition coefficient (Wildman–Crippen LogP) is 2.13. The topological polar surface area (TPSA) is 23.5 Å². The van der Waals surface area contributed by atoms with E-state index in [1.165, 1.54) is 12.8 Å². The molecule has 3 heteroatoms. The summed E-state index contributed by atoms with van der Waals surface area (Å²) < 4.78 is 1.00. The van der Waals surface area contributed by atoms with Crippen molar-refractivity contribution in [3.8, 4) is 0 Å². The Morgan fingerprint density at radius 1 is 1.69 bits per heavy atom. The van der Waals surface area contributed by atoms with Crippen molar-refractivity contribution in [2.24, 2.45) is 0 Å². The molecule has 76 valence electrons. The smallest absolute Gasteiger partial charge is 0.0667 e. The van der Waals surface area contributed by atoms with Gasteiger partial charge in [0.2, 0.25) is 0 Å². The van der Waals surface area contributed by atoms with E-state index >= 15 is 0 Å². The average molecular weight is 248 g/mol. The first kappa shape index (κ1) is 11.2. The number of nitrogens with zero attached hydrogens (tertiary/aromatic N) is 1. The molecule has 1 rings (SSSR count). The highest BCUT2D eigenvalue weighted by Crippen LogP contribution is 2.21. The highest BCUT2D eigenvalue weighted by Gasteiger charge is 2.25. The molecule has 1 aliphatic heterocycles. The van der Waals surface area contributed by atoms with E-state index in [1.54, 1.807) is 0 Å². The Balaban J connectivity index is 2.51. The molecule has 2 unspecified atom stereocenters. The minimum absolute atomic E-state index is 0.229. The van der Waals surface area contributed by atoms with Gasteiger partial charge in [0, 0.05) is 17.1 Å². The second-order valence-electron chi connectivity index (χ2n) is 3.79. The van der Waals surface area contributed by atoms with E-state index in [9.17, 15) is 5.11 Å². The van der Waals surface area contributed by atoms with Crippen LogP contribution in [0, 0.1) is 0 Å². The lowest BCUT2D eigenvalue weighted by molar-refractivity contribution is 0.0435. The monoisotopic (exact) mass is 247 g/mol. The van der Waals surface area contributed by atoms with Gasteiger partial charge in [0.05, 0.1) is 6.10 Å². The maximum absolute atomic E-state index is 9.57. The predicted molar refractivity (Wildman–Crippen MR) is 59.0 cm³/mol. The molecule has 0 aromatic heterocycles. The Morgan fingerprint density at radius 3 is 2.92 bits per heavy atom. The summed E-state index contributed by atoms with van der Waals surface area (Å²) in [5, 5.41) is 9.57. The summed E-state index contributed by atoms with van der Waals surface area (Å²) in [7, 11) is 0. The van der Waals surface area contributed by atoms with Crippen LogP contribution in [0.1, 0.15) is 26.2 Å². The molecule has 2 nitrogen and oxygen atoms in total. The van der Waals surface area contributed by atoms with Gasteiger partial charge in [-0.1, -0.05) is 28.9 Å². The summed E-state index contributed by atoms with van der Waals surface area (Å²) >= 11 is 3.37. The van der Waals surface area contributed by atoms with Crippen molar-refractivity contribution in [1.82, 2.24) is 4.90 Å². The normalized spacial score (nSPS) is 27.2. The van der Waals surface area contributed by atoms with Gasteiger partial charge in [-0.25, -0.2) is 0 Å². The van der Waals surface area contributed by atoms with Crippen molar-refractivity contribution in [2.45, 2.75) is 38.3 Å². The number of aliphatic hydroxyl groups is 1. The Hall–Kier alpha value is 0.140. The fourth-order valence-corrected chi connectivity index (χ4v) is 2.30. The third-order valence-corrected chi connectivity index (χ3v) is 2.85. The molecule has 0 amide bonds. The third kappa shape index (κ3) is 3.41. The molecule has 0 saturated carbocycles. The summed E-state index contributed by atoms with van der Waals surface area (Å²) in [6.07, 6.45) is 3.36. The molecule has 0 aromatic carbocycles. The summed E-state index contributed by atoms with van der Waals surface area (Å²) in [5.41, 5.74) is 0. The van der Waals surface area contributed by atoms with Crippen LogP contribution in [0.25, 0.3) is 0 Å². The van der Waals surface area contributed by atoms with Crippen LogP contribution in [0.2, 0.25) is 0 Å². The van der Waals surface area contributed by atoms with Crippen LogP contribution in [0.5, 0.6) is 0 Å². The van der Waals surface area contributed by atoms with E-state index < -0.39 is 0 Å². The zero-order valence-electron chi connectivity index (χ0n) is 8.17.